The zero-order valence-corrected chi connectivity index (χ0v) is 14.6. The highest BCUT2D eigenvalue weighted by atomic mass is 19.1. The van der Waals surface area contributed by atoms with Crippen LogP contribution in [0.2, 0.25) is 0 Å². The molecule has 1 aliphatic heterocycles. The number of carbonyl (C=O) groups is 2. The number of nitrogens with zero attached hydrogens (tertiary/aromatic N) is 1. The molecule has 0 saturated carbocycles. The lowest BCUT2D eigenvalue weighted by atomic mass is 10.1. The maximum atomic E-state index is 13.6. The Kier molecular flexibility index (Phi) is 6.16. The van der Waals surface area contributed by atoms with Gasteiger partial charge in [0.05, 0.1) is 19.3 Å². The monoisotopic (exact) mass is 331 g/mol. The van der Waals surface area contributed by atoms with E-state index < -0.39 is 35.3 Å². The summed E-state index contributed by atoms with van der Waals surface area (Å²) < 4.78 is 29.2. The highest BCUT2D eigenvalue weighted by Crippen LogP contribution is 2.31. The van der Waals surface area contributed by atoms with E-state index >= 15 is 0 Å². The summed E-state index contributed by atoms with van der Waals surface area (Å²) in [6, 6.07) is -0.417. The Morgan fingerprint density at radius 3 is 2.52 bits per heavy atom. The lowest BCUT2D eigenvalue weighted by Gasteiger charge is -2.34. The molecular formula is C16H26FNO5. The molecule has 1 amide bonds. The number of hydrogen-bond donors (Lipinski definition) is 0. The molecule has 0 N–H and O–H groups in total. The molecule has 23 heavy (non-hydrogen) atoms. The number of rotatable bonds is 4. The third kappa shape index (κ3) is 5.49. The first kappa shape index (κ1) is 19.4. The second-order valence-electron chi connectivity index (χ2n) is 6.77. The van der Waals surface area contributed by atoms with E-state index in [0.29, 0.717) is 0 Å². The van der Waals surface area contributed by atoms with Gasteiger partial charge in [-0.15, -0.1) is 0 Å². The van der Waals surface area contributed by atoms with Crippen LogP contribution in [0, 0.1) is 0 Å². The molecule has 0 aliphatic carbocycles. The van der Waals surface area contributed by atoms with Gasteiger partial charge in [0.2, 0.25) is 5.83 Å². The summed E-state index contributed by atoms with van der Waals surface area (Å²) >= 11 is 0. The van der Waals surface area contributed by atoms with E-state index in [1.54, 1.807) is 41.5 Å². The Balaban J connectivity index is 2.83. The molecule has 1 heterocycles. The van der Waals surface area contributed by atoms with Crippen LogP contribution in [-0.2, 0) is 19.0 Å². The first-order valence-electron chi connectivity index (χ1n) is 7.67. The first-order chi connectivity index (χ1) is 10.5. The van der Waals surface area contributed by atoms with Gasteiger partial charge in [0.1, 0.15) is 11.3 Å². The van der Waals surface area contributed by atoms with Gasteiger partial charge in [-0.3, -0.25) is 4.90 Å². The zero-order chi connectivity index (χ0) is 17.8. The third-order valence-electron chi connectivity index (χ3n) is 3.20. The Morgan fingerprint density at radius 1 is 1.39 bits per heavy atom. The van der Waals surface area contributed by atoms with Gasteiger partial charge in [-0.25, -0.2) is 9.59 Å². The second kappa shape index (κ2) is 7.29. The van der Waals surface area contributed by atoms with Gasteiger partial charge in [0.25, 0.3) is 0 Å². The lowest BCUT2D eigenvalue weighted by Crippen LogP contribution is -2.49. The standard InChI is InChI=1S/C16H26FNO5/c1-7-21-13(19)12(17)9-8-11-10-22-16(5,6)18(11)14(20)23-15(2,3)4/h9,11H,7-8,10H2,1-6H3/b12-9-/t11-/m0/s1. The Morgan fingerprint density at radius 2 is 2.00 bits per heavy atom. The van der Waals surface area contributed by atoms with Crippen molar-refractivity contribution >= 4 is 12.1 Å². The second-order valence-corrected chi connectivity index (χ2v) is 6.77. The molecule has 0 bridgehead atoms. The topological polar surface area (TPSA) is 65.1 Å². The van der Waals surface area contributed by atoms with Crippen molar-refractivity contribution in [2.45, 2.75) is 65.3 Å². The molecule has 1 saturated heterocycles. The fourth-order valence-corrected chi connectivity index (χ4v) is 2.26. The van der Waals surface area contributed by atoms with E-state index in [0.717, 1.165) is 6.08 Å². The predicted octanol–water partition coefficient (Wildman–Crippen LogP) is 3.17. The molecule has 1 atom stereocenters. The number of halogens is 1. The molecule has 132 valence electrons. The van der Waals surface area contributed by atoms with Crippen LogP contribution in [0.4, 0.5) is 9.18 Å². The van der Waals surface area contributed by atoms with Crippen LogP contribution >= 0.6 is 0 Å². The molecule has 0 spiro atoms. The maximum absolute atomic E-state index is 13.6. The van der Waals surface area contributed by atoms with E-state index in [1.807, 2.05) is 0 Å². The van der Waals surface area contributed by atoms with Crippen molar-refractivity contribution in [1.82, 2.24) is 4.90 Å². The molecule has 1 aliphatic rings. The molecule has 1 fully saturated rings. The normalized spacial score (nSPS) is 21.3. The highest BCUT2D eigenvalue weighted by Gasteiger charge is 2.45. The van der Waals surface area contributed by atoms with E-state index in [9.17, 15) is 14.0 Å². The summed E-state index contributed by atoms with van der Waals surface area (Å²) in [4.78, 5) is 25.1. The number of hydrogen-bond acceptors (Lipinski definition) is 5. The smallest absolute Gasteiger partial charge is 0.412 e. The molecule has 0 aromatic rings. The van der Waals surface area contributed by atoms with E-state index in [-0.39, 0.29) is 19.6 Å². The SMILES string of the molecule is CCOC(=O)/C(F)=C/C[C@H]1COC(C)(C)N1C(=O)OC(C)(C)C. The van der Waals surface area contributed by atoms with Gasteiger partial charge in [-0.05, 0) is 54.0 Å². The van der Waals surface area contributed by atoms with E-state index in [1.165, 1.54) is 4.90 Å². The van der Waals surface area contributed by atoms with Crippen molar-refractivity contribution in [2.24, 2.45) is 0 Å². The fraction of sp³-hybridized carbons (Fsp3) is 0.750. The first-order valence-corrected chi connectivity index (χ1v) is 7.67. The van der Waals surface area contributed by atoms with Gasteiger partial charge >= 0.3 is 12.1 Å². The molecule has 0 radical (unpaired) electrons. The van der Waals surface area contributed by atoms with Crippen LogP contribution in [-0.4, -0.2) is 47.5 Å². The molecule has 0 aromatic heterocycles. The number of ether oxygens (including phenoxy) is 3. The van der Waals surface area contributed by atoms with Gasteiger partial charge in [-0.2, -0.15) is 4.39 Å². The van der Waals surface area contributed by atoms with Gasteiger partial charge in [-0.1, -0.05) is 0 Å². The number of esters is 1. The van der Waals surface area contributed by atoms with Gasteiger partial charge in [0, 0.05) is 0 Å². The molecule has 6 nitrogen and oxygen atoms in total. The van der Waals surface area contributed by atoms with Crippen molar-refractivity contribution in [2.75, 3.05) is 13.2 Å². The van der Waals surface area contributed by atoms with E-state index in [2.05, 4.69) is 4.74 Å². The number of amides is 1. The minimum atomic E-state index is -1.01. The number of carbonyl (C=O) groups excluding carboxylic acids is 2. The molecule has 1 rings (SSSR count). The average molecular weight is 331 g/mol. The highest BCUT2D eigenvalue weighted by molar-refractivity contribution is 5.85. The minimum Gasteiger partial charge on any atom is -0.461 e. The summed E-state index contributed by atoms with van der Waals surface area (Å²) in [5.74, 6) is -1.98. The molecule has 7 heteroatoms. The van der Waals surface area contributed by atoms with Crippen LogP contribution in [0.5, 0.6) is 0 Å². The maximum Gasteiger partial charge on any atom is 0.412 e. The average Bonchev–Trinajstić information content (AvgIpc) is 2.69. The van der Waals surface area contributed by atoms with Crippen molar-refractivity contribution in [1.29, 1.82) is 0 Å². The predicted molar refractivity (Wildman–Crippen MR) is 82.3 cm³/mol. The van der Waals surface area contributed by atoms with E-state index in [4.69, 9.17) is 9.47 Å². The van der Waals surface area contributed by atoms with Crippen molar-refractivity contribution in [3.05, 3.63) is 11.9 Å². The zero-order valence-electron chi connectivity index (χ0n) is 14.6. The van der Waals surface area contributed by atoms with Crippen LogP contribution in [0.15, 0.2) is 11.9 Å². The minimum absolute atomic E-state index is 0.101. The van der Waals surface area contributed by atoms with Crippen LogP contribution in [0.1, 0.15) is 48.0 Å². The van der Waals surface area contributed by atoms with Crippen LogP contribution < -0.4 is 0 Å². The van der Waals surface area contributed by atoms with Gasteiger partial charge in [0.15, 0.2) is 0 Å². The molecular weight excluding hydrogens is 305 g/mol. The lowest BCUT2D eigenvalue weighted by molar-refractivity contribution is -0.140. The Labute approximate surface area is 136 Å². The fourth-order valence-electron chi connectivity index (χ4n) is 2.26. The summed E-state index contributed by atoms with van der Waals surface area (Å²) in [5, 5.41) is 0. The Hall–Kier alpha value is -1.63. The quantitative estimate of drug-likeness (QED) is 0.585. The van der Waals surface area contributed by atoms with Crippen LogP contribution in [0.3, 0.4) is 0 Å². The largest absolute Gasteiger partial charge is 0.461 e. The molecule has 0 unspecified atom stereocenters. The summed E-state index contributed by atoms with van der Waals surface area (Å²) in [6.45, 7) is 10.7. The Bertz CT molecular complexity index is 481. The van der Waals surface area contributed by atoms with Crippen molar-refractivity contribution < 1.29 is 28.2 Å². The summed E-state index contributed by atoms with van der Waals surface area (Å²) in [5.41, 5.74) is -1.51. The summed E-state index contributed by atoms with van der Waals surface area (Å²) in [7, 11) is 0. The van der Waals surface area contributed by atoms with Crippen molar-refractivity contribution in [3.63, 3.8) is 0 Å². The van der Waals surface area contributed by atoms with Crippen molar-refractivity contribution in [3.8, 4) is 0 Å². The third-order valence-corrected chi connectivity index (χ3v) is 3.20. The summed E-state index contributed by atoms with van der Waals surface area (Å²) in [6.07, 6.45) is 0.716. The van der Waals surface area contributed by atoms with Gasteiger partial charge < -0.3 is 14.2 Å². The molecule has 0 aromatic carbocycles. The van der Waals surface area contributed by atoms with Crippen LogP contribution in [0.25, 0.3) is 0 Å².